The van der Waals surface area contributed by atoms with Crippen molar-refractivity contribution >= 4 is 34.1 Å². The van der Waals surface area contributed by atoms with E-state index in [1.54, 1.807) is 0 Å². The zero-order valence-corrected chi connectivity index (χ0v) is 5.50. The molecule has 0 amide bonds. The fourth-order valence-electron chi connectivity index (χ4n) is 0. The molecule has 0 saturated carbocycles. The molecule has 0 aliphatic carbocycles. The van der Waals surface area contributed by atoms with E-state index in [-0.39, 0.29) is 24.8 Å². The SMILES string of the molecule is CC[P].Cl.Cl. The molecular weight excluding hydrogens is 126 g/mol. The summed E-state index contributed by atoms with van der Waals surface area (Å²) < 4.78 is 0. The number of rotatable bonds is 0. The molecule has 0 aromatic rings. The summed E-state index contributed by atoms with van der Waals surface area (Å²) in [5.74, 6) is 0. The van der Waals surface area contributed by atoms with Crippen LogP contribution in [-0.4, -0.2) is 6.16 Å². The Morgan fingerprint density at radius 2 is 1.40 bits per heavy atom. The minimum absolute atomic E-state index is 0. The van der Waals surface area contributed by atoms with Crippen LogP contribution in [0.5, 0.6) is 0 Å². The van der Waals surface area contributed by atoms with Gasteiger partial charge in [-0.25, -0.2) is 0 Å². The summed E-state index contributed by atoms with van der Waals surface area (Å²) in [5.41, 5.74) is 0. The van der Waals surface area contributed by atoms with Gasteiger partial charge in [0.2, 0.25) is 0 Å². The minimum Gasteiger partial charge on any atom is -0.147 e. The molecule has 2 radical (unpaired) electrons. The largest absolute Gasteiger partial charge is 0.147 e. The van der Waals surface area contributed by atoms with Crippen LogP contribution in [0.15, 0.2) is 0 Å². The van der Waals surface area contributed by atoms with Gasteiger partial charge in [-0.3, -0.25) is 0 Å². The van der Waals surface area contributed by atoms with Gasteiger partial charge in [0, 0.05) is 0 Å². The Labute approximate surface area is 47.7 Å². The predicted octanol–water partition coefficient (Wildman–Crippen LogP) is 2.26. The molecule has 0 atom stereocenters. The lowest BCUT2D eigenvalue weighted by Gasteiger charge is -1.45. The Kier molecular flexibility index (Phi) is 66.4. The molecule has 0 aliphatic rings. The van der Waals surface area contributed by atoms with Crippen molar-refractivity contribution in [1.82, 2.24) is 0 Å². The van der Waals surface area contributed by atoms with E-state index in [9.17, 15) is 0 Å². The molecule has 0 nitrogen and oxygen atoms in total. The molecule has 0 N–H and O–H groups in total. The monoisotopic (exact) mass is 132 g/mol. The van der Waals surface area contributed by atoms with Crippen molar-refractivity contribution in [3.05, 3.63) is 0 Å². The van der Waals surface area contributed by atoms with E-state index in [2.05, 4.69) is 9.24 Å². The number of hydrogen-bond acceptors (Lipinski definition) is 0. The number of halogens is 2. The quantitative estimate of drug-likeness (QED) is 0.444. The highest BCUT2D eigenvalue weighted by Gasteiger charge is 1.37. The maximum atomic E-state index is 3.79. The van der Waals surface area contributed by atoms with Crippen LogP contribution in [0, 0.1) is 0 Å². The van der Waals surface area contributed by atoms with Gasteiger partial charge in [-0.15, -0.1) is 24.8 Å². The van der Waals surface area contributed by atoms with Crippen LogP contribution in [0.4, 0.5) is 0 Å². The second-order valence-corrected chi connectivity index (χ2v) is 0.949. The van der Waals surface area contributed by atoms with Crippen LogP contribution in [0.1, 0.15) is 6.92 Å². The predicted molar refractivity (Wildman–Crippen MR) is 32.0 cm³/mol. The van der Waals surface area contributed by atoms with Crippen LogP contribution in [0.2, 0.25) is 0 Å². The van der Waals surface area contributed by atoms with E-state index in [0.717, 1.165) is 6.16 Å². The summed E-state index contributed by atoms with van der Waals surface area (Å²) in [6, 6.07) is 0. The van der Waals surface area contributed by atoms with Gasteiger partial charge in [0.25, 0.3) is 0 Å². The zero-order chi connectivity index (χ0) is 2.71. The molecule has 0 unspecified atom stereocenters. The average Bonchev–Trinajstić information content (AvgIpc) is 0.918. The highest BCUT2D eigenvalue weighted by molar-refractivity contribution is 7.16. The average molecular weight is 133 g/mol. The van der Waals surface area contributed by atoms with E-state index in [4.69, 9.17) is 0 Å². The first-order chi connectivity index (χ1) is 1.41. The summed E-state index contributed by atoms with van der Waals surface area (Å²) in [7, 11) is 3.79. The topological polar surface area (TPSA) is 0 Å². The Hall–Kier alpha value is 1.01. The third-order valence-electron chi connectivity index (χ3n) is 0. The van der Waals surface area contributed by atoms with Crippen molar-refractivity contribution in [2.45, 2.75) is 6.92 Å². The van der Waals surface area contributed by atoms with Gasteiger partial charge in [0.15, 0.2) is 0 Å². The number of hydrogen-bond donors (Lipinski definition) is 0. The Morgan fingerprint density at radius 1 is 1.40 bits per heavy atom. The molecule has 0 bridgehead atoms. The molecule has 0 saturated heterocycles. The first kappa shape index (κ1) is 16.7. The molecule has 0 aromatic carbocycles. The van der Waals surface area contributed by atoms with Gasteiger partial charge in [-0.05, 0) is 15.4 Å². The lowest BCUT2D eigenvalue weighted by molar-refractivity contribution is 1.53. The van der Waals surface area contributed by atoms with E-state index in [1.165, 1.54) is 0 Å². The van der Waals surface area contributed by atoms with Crippen molar-refractivity contribution < 1.29 is 0 Å². The van der Waals surface area contributed by atoms with Gasteiger partial charge in [-0.1, -0.05) is 6.92 Å². The third kappa shape index (κ3) is 44.5. The third-order valence-corrected chi connectivity index (χ3v) is 0. The van der Waals surface area contributed by atoms with Gasteiger partial charge < -0.3 is 0 Å². The fourth-order valence-corrected chi connectivity index (χ4v) is 0. The van der Waals surface area contributed by atoms with Crippen molar-refractivity contribution in [2.24, 2.45) is 0 Å². The summed E-state index contributed by atoms with van der Waals surface area (Å²) >= 11 is 0. The summed E-state index contributed by atoms with van der Waals surface area (Å²) in [4.78, 5) is 0. The van der Waals surface area contributed by atoms with Crippen molar-refractivity contribution in [1.29, 1.82) is 0 Å². The fraction of sp³-hybridized carbons (Fsp3) is 1.00. The van der Waals surface area contributed by atoms with Gasteiger partial charge >= 0.3 is 0 Å². The highest BCUT2D eigenvalue weighted by Crippen LogP contribution is 1.68. The first-order valence-electron chi connectivity index (χ1n) is 1.02. The maximum absolute atomic E-state index is 3.79. The Morgan fingerprint density at radius 3 is 1.40 bits per heavy atom. The molecule has 34 valence electrons. The summed E-state index contributed by atoms with van der Waals surface area (Å²) in [6.07, 6.45) is 0.944. The van der Waals surface area contributed by atoms with Crippen LogP contribution in [-0.2, 0) is 0 Å². The molecular formula is C2H7Cl2P. The molecule has 0 heterocycles. The molecule has 5 heavy (non-hydrogen) atoms. The lowest BCUT2D eigenvalue weighted by Crippen LogP contribution is -1.33. The normalized spacial score (nSPS) is 3.60. The van der Waals surface area contributed by atoms with Crippen molar-refractivity contribution in [3.63, 3.8) is 0 Å². The van der Waals surface area contributed by atoms with Crippen molar-refractivity contribution in [2.75, 3.05) is 6.16 Å². The van der Waals surface area contributed by atoms with Crippen molar-refractivity contribution in [3.8, 4) is 0 Å². The second-order valence-electron chi connectivity index (χ2n) is 0.316. The highest BCUT2D eigenvalue weighted by atomic mass is 35.5. The maximum Gasteiger partial charge on any atom is -0.0270 e. The zero-order valence-electron chi connectivity index (χ0n) is 2.97. The summed E-state index contributed by atoms with van der Waals surface area (Å²) in [5, 5.41) is 0. The molecule has 0 aromatic heterocycles. The Bertz CT molecular complexity index is 7.61. The van der Waals surface area contributed by atoms with Gasteiger partial charge in [-0.2, -0.15) is 0 Å². The smallest absolute Gasteiger partial charge is 0.0270 e. The van der Waals surface area contributed by atoms with Crippen LogP contribution < -0.4 is 0 Å². The molecule has 0 fully saturated rings. The Balaban J connectivity index is -0.0000000200. The standard InChI is InChI=1S/C2H5P.2ClH/c1-2-3;;/h2H2,1H3;2*1H. The minimum atomic E-state index is 0. The van der Waals surface area contributed by atoms with E-state index in [1.807, 2.05) is 6.92 Å². The van der Waals surface area contributed by atoms with Gasteiger partial charge in [0.05, 0.1) is 0 Å². The van der Waals surface area contributed by atoms with E-state index >= 15 is 0 Å². The van der Waals surface area contributed by atoms with Gasteiger partial charge in [0.1, 0.15) is 0 Å². The van der Waals surface area contributed by atoms with Crippen LogP contribution in [0.25, 0.3) is 0 Å². The lowest BCUT2D eigenvalue weighted by atomic mass is 11.0. The molecule has 0 spiro atoms. The van der Waals surface area contributed by atoms with E-state index < -0.39 is 0 Å². The molecule has 0 rings (SSSR count). The first-order valence-corrected chi connectivity index (χ1v) is 1.66. The molecule has 0 aliphatic heterocycles. The van der Waals surface area contributed by atoms with Crippen LogP contribution >= 0.6 is 34.1 Å². The summed E-state index contributed by atoms with van der Waals surface area (Å²) in [6.45, 7) is 1.99. The van der Waals surface area contributed by atoms with E-state index in [0.29, 0.717) is 0 Å². The molecule has 3 heteroatoms. The van der Waals surface area contributed by atoms with Crippen LogP contribution in [0.3, 0.4) is 0 Å². The second kappa shape index (κ2) is 19.9.